The fraction of sp³-hybridized carbons (Fsp3) is 0.179. The van der Waals surface area contributed by atoms with E-state index in [9.17, 15) is 13.7 Å². The number of ether oxygens (including phenoxy) is 2. The van der Waals surface area contributed by atoms with Crippen LogP contribution in [0, 0.1) is 11.3 Å². The van der Waals surface area contributed by atoms with Crippen molar-refractivity contribution in [3.05, 3.63) is 89.1 Å². The number of nitrogens with zero attached hydrogens (tertiary/aromatic N) is 3. The van der Waals surface area contributed by atoms with Gasteiger partial charge in [0.1, 0.15) is 0 Å². The summed E-state index contributed by atoms with van der Waals surface area (Å²) in [6, 6.07) is 22.1. The van der Waals surface area contributed by atoms with Crippen LogP contribution in [-0.4, -0.2) is 25.5 Å². The minimum Gasteiger partial charge on any atom is -0.493 e. The van der Waals surface area contributed by atoms with Gasteiger partial charge in [-0.05, 0) is 47.4 Å². The lowest BCUT2D eigenvalue weighted by Crippen LogP contribution is -2.16. The number of sulfonamides is 1. The third kappa shape index (κ3) is 5.88. The molecule has 0 bridgehead atoms. The smallest absolute Gasteiger partial charge is 0.263 e. The molecule has 0 atom stereocenters. The van der Waals surface area contributed by atoms with Crippen LogP contribution in [-0.2, 0) is 15.4 Å². The maximum atomic E-state index is 13.4. The molecule has 0 saturated carbocycles. The Labute approximate surface area is 226 Å². The summed E-state index contributed by atoms with van der Waals surface area (Å²) in [5.74, 6) is 0.523. The summed E-state index contributed by atoms with van der Waals surface area (Å²) < 4.78 is 40.7. The van der Waals surface area contributed by atoms with E-state index in [1.165, 1.54) is 19.2 Å². The maximum Gasteiger partial charge on any atom is 0.263 e. The van der Waals surface area contributed by atoms with E-state index in [1.807, 2.05) is 20.8 Å². The Hall–Kier alpha value is -4.13. The molecule has 0 fully saturated rings. The third-order valence-corrected chi connectivity index (χ3v) is 7.23. The highest BCUT2D eigenvalue weighted by atomic mass is 35.5. The van der Waals surface area contributed by atoms with Crippen LogP contribution in [0.2, 0.25) is 5.15 Å². The minimum absolute atomic E-state index is 0.0384. The second-order valence-electron chi connectivity index (χ2n) is 9.34. The van der Waals surface area contributed by atoms with Crippen LogP contribution in [0.25, 0.3) is 11.4 Å². The first-order valence-corrected chi connectivity index (χ1v) is 13.4. The normalized spacial score (nSPS) is 11.5. The molecule has 10 heteroatoms. The fourth-order valence-electron chi connectivity index (χ4n) is 3.57. The molecule has 0 aliphatic carbocycles. The van der Waals surface area contributed by atoms with Gasteiger partial charge in [0.2, 0.25) is 5.75 Å². The summed E-state index contributed by atoms with van der Waals surface area (Å²) >= 11 is 6.53. The third-order valence-electron chi connectivity index (χ3n) is 5.62. The van der Waals surface area contributed by atoms with Crippen molar-refractivity contribution >= 4 is 27.4 Å². The zero-order valence-electron chi connectivity index (χ0n) is 21.2. The average Bonchev–Trinajstić information content (AvgIpc) is 2.90. The number of methoxy groups -OCH3 is 1. The van der Waals surface area contributed by atoms with Crippen molar-refractivity contribution in [1.82, 2.24) is 9.97 Å². The van der Waals surface area contributed by atoms with Gasteiger partial charge < -0.3 is 9.47 Å². The molecule has 1 heterocycles. The lowest BCUT2D eigenvalue weighted by Gasteiger charge is -2.19. The lowest BCUT2D eigenvalue weighted by atomic mass is 9.87. The molecule has 8 nitrogen and oxygen atoms in total. The molecule has 4 aromatic rings. The highest BCUT2D eigenvalue weighted by Gasteiger charge is 2.24. The first-order valence-electron chi connectivity index (χ1n) is 11.5. The second-order valence-corrected chi connectivity index (χ2v) is 11.4. The maximum absolute atomic E-state index is 13.4. The van der Waals surface area contributed by atoms with Gasteiger partial charge in [-0.15, -0.1) is 0 Å². The topological polar surface area (TPSA) is 114 Å². The summed E-state index contributed by atoms with van der Waals surface area (Å²) in [7, 11) is -2.61. The Morgan fingerprint density at radius 1 is 0.947 bits per heavy atom. The van der Waals surface area contributed by atoms with Gasteiger partial charge in [-0.1, -0.05) is 68.8 Å². The minimum atomic E-state index is -4.10. The van der Waals surface area contributed by atoms with Gasteiger partial charge in [0.05, 0.1) is 23.6 Å². The Morgan fingerprint density at radius 2 is 1.63 bits per heavy atom. The quantitative estimate of drug-likeness (QED) is 0.260. The van der Waals surface area contributed by atoms with Gasteiger partial charge in [-0.2, -0.15) is 5.26 Å². The van der Waals surface area contributed by atoms with E-state index in [0.717, 1.165) is 5.56 Å². The van der Waals surface area contributed by atoms with Crippen molar-refractivity contribution in [2.24, 2.45) is 0 Å². The number of rotatable bonds is 7. The number of halogens is 1. The van der Waals surface area contributed by atoms with Gasteiger partial charge in [0.25, 0.3) is 10.0 Å². The summed E-state index contributed by atoms with van der Waals surface area (Å²) in [4.78, 5) is 8.79. The zero-order valence-corrected chi connectivity index (χ0v) is 22.8. The van der Waals surface area contributed by atoms with Crippen LogP contribution in [0.1, 0.15) is 31.9 Å². The van der Waals surface area contributed by atoms with Crippen LogP contribution in [0.15, 0.2) is 77.7 Å². The number of nitrogens with one attached hydrogen (secondary N) is 1. The zero-order chi connectivity index (χ0) is 27.5. The average molecular weight is 549 g/mol. The molecule has 0 aliphatic rings. The molecule has 1 aromatic heterocycles. The number of hydrogen-bond acceptors (Lipinski definition) is 7. The van der Waals surface area contributed by atoms with Crippen molar-refractivity contribution in [3.8, 4) is 34.7 Å². The molecule has 1 N–H and O–H groups in total. The largest absolute Gasteiger partial charge is 0.493 e. The van der Waals surface area contributed by atoms with Crippen molar-refractivity contribution in [1.29, 1.82) is 5.26 Å². The number of para-hydroxylation sites is 2. The first kappa shape index (κ1) is 26.9. The predicted octanol–water partition coefficient (Wildman–Crippen LogP) is 6.57. The summed E-state index contributed by atoms with van der Waals surface area (Å²) in [5, 5.41) is 9.15. The summed E-state index contributed by atoms with van der Waals surface area (Å²) in [6.07, 6.45) is 0. The van der Waals surface area contributed by atoms with Crippen LogP contribution in [0.3, 0.4) is 0 Å². The van der Waals surface area contributed by atoms with E-state index in [4.69, 9.17) is 21.1 Å². The molecule has 0 amide bonds. The Bertz CT molecular complexity index is 1630. The van der Waals surface area contributed by atoms with Crippen molar-refractivity contribution in [2.45, 2.75) is 31.1 Å². The Morgan fingerprint density at radius 3 is 2.26 bits per heavy atom. The molecule has 4 rings (SSSR count). The van der Waals surface area contributed by atoms with Crippen molar-refractivity contribution in [2.75, 3.05) is 11.8 Å². The number of aromatic nitrogens is 2. The van der Waals surface area contributed by atoms with Crippen LogP contribution in [0.5, 0.6) is 17.2 Å². The van der Waals surface area contributed by atoms with Crippen LogP contribution < -0.4 is 14.2 Å². The molecule has 0 spiro atoms. The summed E-state index contributed by atoms with van der Waals surface area (Å²) in [6.45, 7) is 6.13. The van der Waals surface area contributed by atoms with E-state index in [2.05, 4.69) is 20.8 Å². The second kappa shape index (κ2) is 10.7. The van der Waals surface area contributed by atoms with Gasteiger partial charge in [0.15, 0.2) is 28.3 Å². The SMILES string of the molecule is COc1ccccc1Oc1c(Cl)nc(-c2cccc(C#N)c2)nc1NS(=O)(=O)c1ccc(C(C)(C)C)cc1. The van der Waals surface area contributed by atoms with Crippen molar-refractivity contribution in [3.63, 3.8) is 0 Å². The van der Waals surface area contributed by atoms with E-state index < -0.39 is 10.0 Å². The predicted molar refractivity (Wildman–Crippen MR) is 146 cm³/mol. The van der Waals surface area contributed by atoms with Crippen LogP contribution >= 0.6 is 11.6 Å². The van der Waals surface area contributed by atoms with E-state index >= 15 is 0 Å². The molecule has 0 aliphatic heterocycles. The Kier molecular flexibility index (Phi) is 7.58. The number of hydrogen-bond donors (Lipinski definition) is 1. The molecule has 38 heavy (non-hydrogen) atoms. The van der Waals surface area contributed by atoms with E-state index in [1.54, 1.807) is 60.7 Å². The van der Waals surface area contributed by atoms with E-state index in [0.29, 0.717) is 16.9 Å². The number of nitriles is 1. The number of anilines is 1. The molecule has 0 radical (unpaired) electrons. The monoisotopic (exact) mass is 548 g/mol. The lowest BCUT2D eigenvalue weighted by molar-refractivity contribution is 0.378. The molecule has 0 saturated heterocycles. The molecular weight excluding hydrogens is 524 g/mol. The first-order chi connectivity index (χ1) is 18.0. The van der Waals surface area contributed by atoms with Gasteiger partial charge >= 0.3 is 0 Å². The fourth-order valence-corrected chi connectivity index (χ4v) is 4.79. The van der Waals surface area contributed by atoms with E-state index in [-0.39, 0.29) is 38.6 Å². The molecular formula is C28H25ClN4O4S. The number of benzene rings is 3. The summed E-state index contributed by atoms with van der Waals surface area (Å²) in [5.41, 5.74) is 1.71. The highest BCUT2D eigenvalue weighted by molar-refractivity contribution is 7.92. The molecule has 194 valence electrons. The Balaban J connectivity index is 1.82. The van der Waals surface area contributed by atoms with Gasteiger partial charge in [-0.3, -0.25) is 4.72 Å². The molecule has 3 aromatic carbocycles. The molecule has 0 unspecified atom stereocenters. The van der Waals surface area contributed by atoms with Gasteiger partial charge in [-0.25, -0.2) is 18.4 Å². The van der Waals surface area contributed by atoms with Gasteiger partial charge in [0, 0.05) is 5.56 Å². The van der Waals surface area contributed by atoms with Crippen molar-refractivity contribution < 1.29 is 17.9 Å². The van der Waals surface area contributed by atoms with Crippen LogP contribution in [0.4, 0.5) is 5.82 Å². The highest BCUT2D eigenvalue weighted by Crippen LogP contribution is 2.40. The standard InChI is InChI=1S/C28H25ClN4O4S/c1-28(2,3)20-12-14-21(15-13-20)38(34,35)33-27-24(37-23-11-6-5-10-22(23)36-4)25(29)31-26(32-27)19-9-7-8-18(16-19)17-30/h5-16H,1-4H3,(H,31,32,33).